The van der Waals surface area contributed by atoms with Crippen LogP contribution in [0.25, 0.3) is 21.3 Å². The van der Waals surface area contributed by atoms with Crippen LogP contribution in [0.5, 0.6) is 0 Å². The van der Waals surface area contributed by atoms with E-state index in [0.717, 1.165) is 21.3 Å². The minimum absolute atomic E-state index is 0.233. The summed E-state index contributed by atoms with van der Waals surface area (Å²) in [6.07, 6.45) is 0. The average Bonchev–Trinajstić information content (AvgIpc) is 3.10. The van der Waals surface area contributed by atoms with Gasteiger partial charge in [-0.15, -0.1) is 0 Å². The van der Waals surface area contributed by atoms with Gasteiger partial charge in [0.1, 0.15) is 0 Å². The zero-order valence-electron chi connectivity index (χ0n) is 17.2. The van der Waals surface area contributed by atoms with Crippen LogP contribution in [0.3, 0.4) is 0 Å². The Labute approximate surface area is 180 Å². The van der Waals surface area contributed by atoms with E-state index in [1.807, 2.05) is 49.4 Å². The van der Waals surface area contributed by atoms with Crippen molar-refractivity contribution in [2.45, 2.75) is 20.4 Å². The van der Waals surface area contributed by atoms with E-state index in [2.05, 4.69) is 46.8 Å². The fraction of sp³-hybridized carbons (Fsp3) is 0.200. The first-order valence-electron chi connectivity index (χ1n) is 10.1. The third kappa shape index (κ3) is 4.42. The Kier molecular flexibility index (Phi) is 6.21. The lowest BCUT2D eigenvalue weighted by Gasteiger charge is -2.06. The minimum atomic E-state index is -0.233. The van der Waals surface area contributed by atoms with Crippen LogP contribution in [0.15, 0.2) is 77.8 Å². The van der Waals surface area contributed by atoms with Gasteiger partial charge < -0.3 is 9.30 Å². The molecule has 0 aliphatic carbocycles. The van der Waals surface area contributed by atoms with Crippen molar-refractivity contribution in [2.75, 3.05) is 13.2 Å². The topological polar surface area (TPSA) is 43.6 Å². The summed E-state index contributed by atoms with van der Waals surface area (Å²) in [6.45, 7) is 5.97. The SMILES string of the molecule is CCOCCn1c(=NC(=O)c2ccc(-c3ccccc3)cc2)sc2cc(C)ccc21. The maximum Gasteiger partial charge on any atom is 0.279 e. The normalized spacial score (nSPS) is 11.9. The number of rotatable bonds is 6. The van der Waals surface area contributed by atoms with Crippen molar-refractivity contribution in [3.05, 3.63) is 88.7 Å². The Morgan fingerprint density at radius 1 is 1.00 bits per heavy atom. The summed E-state index contributed by atoms with van der Waals surface area (Å²) in [5, 5.41) is 0. The van der Waals surface area contributed by atoms with Gasteiger partial charge in [-0.2, -0.15) is 4.99 Å². The maximum atomic E-state index is 12.9. The van der Waals surface area contributed by atoms with Gasteiger partial charge >= 0.3 is 0 Å². The number of ether oxygens (including phenoxy) is 1. The third-order valence-corrected chi connectivity index (χ3v) is 5.98. The smallest absolute Gasteiger partial charge is 0.279 e. The quantitative estimate of drug-likeness (QED) is 0.392. The summed E-state index contributed by atoms with van der Waals surface area (Å²) in [5.74, 6) is -0.233. The van der Waals surface area contributed by atoms with Gasteiger partial charge in [-0.1, -0.05) is 59.9 Å². The summed E-state index contributed by atoms with van der Waals surface area (Å²) in [6, 6.07) is 24.1. The number of thiazole rings is 1. The first-order chi connectivity index (χ1) is 14.7. The second kappa shape index (κ2) is 9.20. The summed E-state index contributed by atoms with van der Waals surface area (Å²) in [5.41, 5.74) is 5.06. The van der Waals surface area contributed by atoms with Crippen molar-refractivity contribution in [1.29, 1.82) is 0 Å². The second-order valence-electron chi connectivity index (χ2n) is 7.06. The van der Waals surface area contributed by atoms with Crippen molar-refractivity contribution in [1.82, 2.24) is 4.57 Å². The molecule has 0 atom stereocenters. The molecule has 152 valence electrons. The number of aryl methyl sites for hydroxylation is 1. The molecule has 3 aromatic carbocycles. The van der Waals surface area contributed by atoms with E-state index >= 15 is 0 Å². The molecular formula is C25H24N2O2S. The van der Waals surface area contributed by atoms with Crippen LogP contribution in [0.1, 0.15) is 22.8 Å². The lowest BCUT2D eigenvalue weighted by atomic mass is 10.0. The van der Waals surface area contributed by atoms with Crippen LogP contribution in [0.2, 0.25) is 0 Å². The molecule has 1 aromatic heterocycles. The van der Waals surface area contributed by atoms with Crippen LogP contribution in [-0.2, 0) is 11.3 Å². The minimum Gasteiger partial charge on any atom is -0.380 e. The van der Waals surface area contributed by atoms with Crippen LogP contribution in [0.4, 0.5) is 0 Å². The van der Waals surface area contributed by atoms with Gasteiger partial charge in [0.05, 0.1) is 16.8 Å². The molecule has 1 heterocycles. The van der Waals surface area contributed by atoms with Crippen LogP contribution in [0, 0.1) is 6.92 Å². The Morgan fingerprint density at radius 2 is 1.73 bits per heavy atom. The standard InChI is InChI=1S/C25H24N2O2S/c1-3-29-16-15-27-22-14-9-18(2)17-23(22)30-25(27)26-24(28)21-12-10-20(11-13-21)19-7-5-4-6-8-19/h4-14,17H,3,15-16H2,1-2H3. The lowest BCUT2D eigenvalue weighted by molar-refractivity contribution is 0.0996. The number of fused-ring (bicyclic) bond motifs is 1. The van der Waals surface area contributed by atoms with Crippen molar-refractivity contribution in [3.63, 3.8) is 0 Å². The molecule has 0 saturated carbocycles. The molecule has 4 rings (SSSR count). The number of amides is 1. The summed E-state index contributed by atoms with van der Waals surface area (Å²) >= 11 is 1.54. The molecule has 0 unspecified atom stereocenters. The largest absolute Gasteiger partial charge is 0.380 e. The van der Waals surface area contributed by atoms with Gasteiger partial charge in [-0.3, -0.25) is 4.79 Å². The Bertz CT molecular complexity index is 1220. The van der Waals surface area contributed by atoms with Crippen molar-refractivity contribution in [3.8, 4) is 11.1 Å². The maximum absolute atomic E-state index is 12.9. The Hall–Kier alpha value is -3.02. The molecule has 0 saturated heterocycles. The van der Waals surface area contributed by atoms with E-state index in [4.69, 9.17) is 4.74 Å². The van der Waals surface area contributed by atoms with E-state index in [1.54, 1.807) is 0 Å². The van der Waals surface area contributed by atoms with Gasteiger partial charge in [0.15, 0.2) is 4.80 Å². The fourth-order valence-electron chi connectivity index (χ4n) is 3.37. The van der Waals surface area contributed by atoms with Gasteiger partial charge in [0, 0.05) is 18.7 Å². The number of nitrogens with zero attached hydrogens (tertiary/aromatic N) is 2. The molecule has 0 aliphatic rings. The number of carbonyl (C=O) groups is 1. The van der Waals surface area contributed by atoms with Gasteiger partial charge in [0.2, 0.25) is 0 Å². The number of hydrogen-bond acceptors (Lipinski definition) is 3. The van der Waals surface area contributed by atoms with Gasteiger partial charge in [-0.25, -0.2) is 0 Å². The molecule has 1 amide bonds. The summed E-state index contributed by atoms with van der Waals surface area (Å²) < 4.78 is 8.73. The lowest BCUT2D eigenvalue weighted by Crippen LogP contribution is -2.19. The molecule has 0 bridgehead atoms. The number of carbonyl (C=O) groups excluding carboxylic acids is 1. The van der Waals surface area contributed by atoms with E-state index in [0.29, 0.717) is 30.1 Å². The molecule has 0 radical (unpaired) electrons. The van der Waals surface area contributed by atoms with Crippen molar-refractivity contribution >= 4 is 27.5 Å². The molecule has 0 aliphatic heterocycles. The van der Waals surface area contributed by atoms with Crippen molar-refractivity contribution < 1.29 is 9.53 Å². The molecular weight excluding hydrogens is 392 g/mol. The molecule has 5 heteroatoms. The molecule has 4 nitrogen and oxygen atoms in total. The highest BCUT2D eigenvalue weighted by Gasteiger charge is 2.10. The number of aromatic nitrogens is 1. The third-order valence-electron chi connectivity index (χ3n) is 4.94. The number of benzene rings is 3. The first-order valence-corrected chi connectivity index (χ1v) is 10.9. The van der Waals surface area contributed by atoms with Crippen LogP contribution < -0.4 is 4.80 Å². The monoisotopic (exact) mass is 416 g/mol. The molecule has 30 heavy (non-hydrogen) atoms. The Balaban J connectivity index is 1.67. The second-order valence-corrected chi connectivity index (χ2v) is 8.07. The predicted octanol–water partition coefficient (Wildman–Crippen LogP) is 5.46. The predicted molar refractivity (Wildman–Crippen MR) is 123 cm³/mol. The highest BCUT2D eigenvalue weighted by atomic mass is 32.1. The molecule has 0 N–H and O–H groups in total. The molecule has 0 spiro atoms. The first kappa shape index (κ1) is 20.3. The molecule has 4 aromatic rings. The zero-order chi connectivity index (χ0) is 20.9. The highest BCUT2D eigenvalue weighted by Crippen LogP contribution is 2.21. The summed E-state index contributed by atoms with van der Waals surface area (Å²) in [4.78, 5) is 18.0. The van der Waals surface area contributed by atoms with Crippen LogP contribution in [-0.4, -0.2) is 23.7 Å². The highest BCUT2D eigenvalue weighted by molar-refractivity contribution is 7.16. The zero-order valence-corrected chi connectivity index (χ0v) is 18.0. The van der Waals surface area contributed by atoms with Gasteiger partial charge in [-0.05, 0) is 54.8 Å². The number of hydrogen-bond donors (Lipinski definition) is 0. The van der Waals surface area contributed by atoms with E-state index in [9.17, 15) is 4.79 Å². The fourth-order valence-corrected chi connectivity index (χ4v) is 4.52. The molecule has 0 fully saturated rings. The van der Waals surface area contributed by atoms with E-state index in [1.165, 1.54) is 16.9 Å². The Morgan fingerprint density at radius 3 is 2.47 bits per heavy atom. The van der Waals surface area contributed by atoms with Crippen LogP contribution >= 0.6 is 11.3 Å². The van der Waals surface area contributed by atoms with Crippen molar-refractivity contribution in [2.24, 2.45) is 4.99 Å². The van der Waals surface area contributed by atoms with E-state index < -0.39 is 0 Å². The van der Waals surface area contributed by atoms with E-state index in [-0.39, 0.29) is 5.91 Å². The van der Waals surface area contributed by atoms with Gasteiger partial charge in [0.25, 0.3) is 5.91 Å². The average molecular weight is 417 g/mol. The summed E-state index contributed by atoms with van der Waals surface area (Å²) in [7, 11) is 0.